The highest BCUT2D eigenvalue weighted by Crippen LogP contribution is 2.53. The number of pyridine rings is 1. The van der Waals surface area contributed by atoms with Crippen LogP contribution in [-0.4, -0.2) is 17.1 Å². The van der Waals surface area contributed by atoms with Crippen molar-refractivity contribution in [3.05, 3.63) is 120 Å². The Morgan fingerprint density at radius 1 is 0.853 bits per heavy atom. The molecule has 0 N–H and O–H groups in total. The summed E-state index contributed by atoms with van der Waals surface area (Å²) in [7, 11) is 0. The molecule has 0 saturated carbocycles. The fourth-order valence-corrected chi connectivity index (χ4v) is 5.70. The normalized spacial score (nSPS) is 24.7. The molecule has 0 spiro atoms. The van der Waals surface area contributed by atoms with Gasteiger partial charge < -0.3 is 9.64 Å². The summed E-state index contributed by atoms with van der Waals surface area (Å²) in [5, 5.41) is 9.59. The molecule has 34 heavy (non-hydrogen) atoms. The van der Waals surface area contributed by atoms with Crippen molar-refractivity contribution in [1.29, 1.82) is 5.26 Å². The Labute approximate surface area is 198 Å². The molecular weight excluding hydrogens is 418 g/mol. The maximum absolute atomic E-state index is 9.59. The van der Waals surface area contributed by atoms with Gasteiger partial charge in [-0.1, -0.05) is 54.7 Å². The number of hydrogen-bond donors (Lipinski definition) is 0. The predicted molar refractivity (Wildman–Crippen MR) is 133 cm³/mol. The third kappa shape index (κ3) is 2.74. The quantitative estimate of drug-likeness (QED) is 0.469. The molecule has 4 nitrogen and oxygen atoms in total. The van der Waals surface area contributed by atoms with Crippen LogP contribution in [0.5, 0.6) is 5.75 Å². The lowest BCUT2D eigenvalue weighted by atomic mass is 9.88. The Balaban J connectivity index is 1.38. The second kappa shape index (κ2) is 7.33. The zero-order valence-electron chi connectivity index (χ0n) is 18.4. The molecule has 0 saturated heterocycles. The molecule has 3 aromatic rings. The molecule has 0 amide bonds. The van der Waals surface area contributed by atoms with Crippen LogP contribution in [0, 0.1) is 11.3 Å². The predicted octanol–water partition coefficient (Wildman–Crippen LogP) is 6.32. The SMILES string of the molecule is N#Cc1cccnc1-c1cccc(N2c3cc4c(cc3C3C=CC=CC32)OC2C=CC=CC42)c1. The summed E-state index contributed by atoms with van der Waals surface area (Å²) in [6.45, 7) is 0. The zero-order chi connectivity index (χ0) is 22.6. The maximum atomic E-state index is 9.59. The molecule has 0 fully saturated rings. The van der Waals surface area contributed by atoms with Crippen LogP contribution in [0.25, 0.3) is 11.3 Å². The van der Waals surface area contributed by atoms with Gasteiger partial charge in [0, 0.05) is 40.5 Å². The molecule has 4 atom stereocenters. The number of benzene rings is 2. The van der Waals surface area contributed by atoms with Crippen LogP contribution in [0.15, 0.2) is 103 Å². The van der Waals surface area contributed by atoms with Crippen LogP contribution in [0.4, 0.5) is 11.4 Å². The van der Waals surface area contributed by atoms with E-state index < -0.39 is 0 Å². The minimum atomic E-state index is 0.0745. The molecule has 4 aliphatic rings. The molecule has 7 rings (SSSR count). The van der Waals surface area contributed by atoms with Crippen molar-refractivity contribution in [3.8, 4) is 23.1 Å². The van der Waals surface area contributed by atoms with Crippen LogP contribution in [0.2, 0.25) is 0 Å². The lowest BCUT2D eigenvalue weighted by Crippen LogP contribution is -2.28. The van der Waals surface area contributed by atoms with E-state index in [0.29, 0.717) is 11.3 Å². The van der Waals surface area contributed by atoms with Gasteiger partial charge in [0.2, 0.25) is 0 Å². The van der Waals surface area contributed by atoms with Crippen LogP contribution in [0.1, 0.15) is 28.5 Å². The average Bonchev–Trinajstić information content (AvgIpc) is 3.42. The van der Waals surface area contributed by atoms with Crippen molar-refractivity contribution in [3.63, 3.8) is 0 Å². The first-order valence-corrected chi connectivity index (χ1v) is 11.6. The Morgan fingerprint density at radius 2 is 1.71 bits per heavy atom. The first-order valence-electron chi connectivity index (χ1n) is 11.6. The van der Waals surface area contributed by atoms with Gasteiger partial charge in [-0.2, -0.15) is 5.26 Å². The van der Waals surface area contributed by atoms with E-state index in [-0.39, 0.29) is 24.0 Å². The van der Waals surface area contributed by atoms with Gasteiger partial charge in [-0.15, -0.1) is 0 Å². The number of rotatable bonds is 2. The second-order valence-electron chi connectivity index (χ2n) is 9.04. The Morgan fingerprint density at radius 3 is 2.62 bits per heavy atom. The van der Waals surface area contributed by atoms with Crippen LogP contribution < -0.4 is 9.64 Å². The van der Waals surface area contributed by atoms with E-state index in [4.69, 9.17) is 4.74 Å². The van der Waals surface area contributed by atoms with Crippen molar-refractivity contribution >= 4 is 11.4 Å². The van der Waals surface area contributed by atoms with Crippen molar-refractivity contribution in [2.24, 2.45) is 0 Å². The fraction of sp³-hybridized carbons (Fsp3) is 0.133. The van der Waals surface area contributed by atoms with E-state index in [1.54, 1.807) is 12.3 Å². The smallest absolute Gasteiger partial charge is 0.128 e. The minimum absolute atomic E-state index is 0.0745. The highest BCUT2D eigenvalue weighted by Gasteiger charge is 2.41. The minimum Gasteiger partial charge on any atom is -0.485 e. The van der Waals surface area contributed by atoms with E-state index in [9.17, 15) is 5.26 Å². The van der Waals surface area contributed by atoms with E-state index in [2.05, 4.69) is 94.9 Å². The van der Waals surface area contributed by atoms with Gasteiger partial charge in [0.05, 0.1) is 17.3 Å². The number of hydrogen-bond acceptors (Lipinski definition) is 4. The summed E-state index contributed by atoms with van der Waals surface area (Å²) in [4.78, 5) is 6.93. The lowest BCUT2D eigenvalue weighted by molar-refractivity contribution is 0.268. The molecule has 162 valence electrons. The first kappa shape index (κ1) is 19.1. The van der Waals surface area contributed by atoms with Crippen molar-refractivity contribution in [1.82, 2.24) is 4.98 Å². The molecule has 2 aromatic carbocycles. The number of nitrogens with zero attached hydrogens (tertiary/aromatic N) is 3. The molecule has 3 heterocycles. The number of nitriles is 1. The largest absolute Gasteiger partial charge is 0.485 e. The average molecular weight is 440 g/mol. The summed E-state index contributed by atoms with van der Waals surface area (Å²) >= 11 is 0. The van der Waals surface area contributed by atoms with Gasteiger partial charge in [0.1, 0.15) is 17.9 Å². The lowest BCUT2D eigenvalue weighted by Gasteiger charge is -2.29. The molecule has 1 aromatic heterocycles. The summed E-state index contributed by atoms with van der Waals surface area (Å²) in [6.07, 6.45) is 19.2. The van der Waals surface area contributed by atoms with E-state index in [1.165, 1.54) is 16.8 Å². The van der Waals surface area contributed by atoms with Gasteiger partial charge >= 0.3 is 0 Å². The van der Waals surface area contributed by atoms with E-state index >= 15 is 0 Å². The van der Waals surface area contributed by atoms with Gasteiger partial charge in [-0.25, -0.2) is 0 Å². The van der Waals surface area contributed by atoms with Gasteiger partial charge in [-0.3, -0.25) is 4.98 Å². The van der Waals surface area contributed by atoms with Crippen molar-refractivity contribution in [2.75, 3.05) is 4.90 Å². The van der Waals surface area contributed by atoms with Crippen molar-refractivity contribution < 1.29 is 4.74 Å². The first-order chi connectivity index (χ1) is 16.8. The Hall–Kier alpha value is -4.36. The van der Waals surface area contributed by atoms with Crippen molar-refractivity contribution in [2.45, 2.75) is 24.0 Å². The second-order valence-corrected chi connectivity index (χ2v) is 9.04. The van der Waals surface area contributed by atoms with E-state index in [0.717, 1.165) is 17.0 Å². The van der Waals surface area contributed by atoms with Gasteiger partial charge in [0.15, 0.2) is 0 Å². The topological polar surface area (TPSA) is 49.2 Å². The Bertz CT molecular complexity index is 1490. The Kier molecular flexibility index (Phi) is 4.13. The summed E-state index contributed by atoms with van der Waals surface area (Å²) < 4.78 is 6.32. The van der Waals surface area contributed by atoms with Gasteiger partial charge in [-0.05, 0) is 48.0 Å². The number of allylic oxidation sites excluding steroid dienone is 4. The molecule has 0 bridgehead atoms. The molecule has 0 radical (unpaired) electrons. The molecule has 4 unspecified atom stereocenters. The molecule has 2 aliphatic heterocycles. The third-order valence-electron chi connectivity index (χ3n) is 7.21. The molecule has 2 aliphatic carbocycles. The van der Waals surface area contributed by atoms with Crippen LogP contribution >= 0.6 is 0 Å². The van der Waals surface area contributed by atoms with E-state index in [1.807, 2.05) is 12.1 Å². The fourth-order valence-electron chi connectivity index (χ4n) is 5.70. The summed E-state index contributed by atoms with van der Waals surface area (Å²) in [6, 6.07) is 19.0. The molecule has 4 heteroatoms. The standard InChI is InChI=1S/C30H21N3O/c31-18-20-8-6-14-32-30(20)19-7-5-9-21(15-19)33-26-12-3-1-10-22(26)24-17-29-25(16-27(24)33)23-11-2-4-13-28(23)34-29/h1-17,22-23,26,28H. The monoisotopic (exact) mass is 439 g/mol. The van der Waals surface area contributed by atoms with Crippen LogP contribution in [-0.2, 0) is 0 Å². The zero-order valence-corrected chi connectivity index (χ0v) is 18.4. The molecular formula is C30H21N3O. The number of ether oxygens (including phenoxy) is 1. The summed E-state index contributed by atoms with van der Waals surface area (Å²) in [5.74, 6) is 1.50. The third-order valence-corrected chi connectivity index (χ3v) is 7.21. The highest BCUT2D eigenvalue weighted by atomic mass is 16.5. The van der Waals surface area contributed by atoms with Crippen LogP contribution in [0.3, 0.4) is 0 Å². The maximum Gasteiger partial charge on any atom is 0.128 e. The number of aromatic nitrogens is 1. The number of anilines is 2. The highest BCUT2D eigenvalue weighted by molar-refractivity contribution is 5.80. The number of fused-ring (bicyclic) bond motifs is 6. The van der Waals surface area contributed by atoms with Gasteiger partial charge in [0.25, 0.3) is 0 Å². The summed E-state index contributed by atoms with van der Waals surface area (Å²) in [5.41, 5.74) is 7.08.